The van der Waals surface area contributed by atoms with E-state index < -0.39 is 16.9 Å². The van der Waals surface area contributed by atoms with Crippen LogP contribution in [0, 0.1) is 24.3 Å². The van der Waals surface area contributed by atoms with Crippen LogP contribution in [0.15, 0.2) is 10.9 Å². The molecule has 0 saturated heterocycles. The lowest BCUT2D eigenvalue weighted by Gasteiger charge is -2.07. The quantitative estimate of drug-likeness (QED) is 0.491. The summed E-state index contributed by atoms with van der Waals surface area (Å²) >= 11 is 2.01. The Balaban J connectivity index is 3.29. The number of phenolic OH excluding ortho intramolecular Hbond substituents is 2. The number of phenols is 2. The van der Waals surface area contributed by atoms with Crippen LogP contribution in [0.1, 0.15) is 16.7 Å². The van der Waals surface area contributed by atoms with Crippen molar-refractivity contribution in [3.05, 3.63) is 36.6 Å². The fraction of sp³-hybridized carbons (Fsp3) is 0.214. The maximum Gasteiger partial charge on any atom is 0.232 e. The average Bonchev–Trinajstić information content (AvgIpc) is 2.46. The number of aryl methyl sites for hydroxylation is 1. The van der Waals surface area contributed by atoms with Crippen LogP contribution in [0.25, 0.3) is 10.8 Å². The first-order valence-corrected chi connectivity index (χ1v) is 6.72. The van der Waals surface area contributed by atoms with Crippen LogP contribution >= 0.6 is 22.6 Å². The molecule has 100 valence electrons. The first-order chi connectivity index (χ1) is 8.77. The summed E-state index contributed by atoms with van der Waals surface area (Å²) in [5.41, 5.74) is 1.04. The Bertz CT molecular complexity index is 766. The van der Waals surface area contributed by atoms with Gasteiger partial charge >= 0.3 is 0 Å². The topological polar surface area (TPSA) is 77.8 Å². The van der Waals surface area contributed by atoms with Gasteiger partial charge in [-0.1, -0.05) is 0 Å². The Morgan fingerprint density at radius 1 is 0.947 bits per heavy atom. The minimum Gasteiger partial charge on any atom is -0.504 e. The molecule has 0 amide bonds. The van der Waals surface area contributed by atoms with Gasteiger partial charge in [-0.3, -0.25) is 4.79 Å². The smallest absolute Gasteiger partial charge is 0.232 e. The number of fused-ring (bicyclic) bond motifs is 1. The van der Waals surface area contributed by atoms with Crippen LogP contribution in [-0.2, 0) is 0 Å². The molecule has 0 aromatic heterocycles. The molecule has 0 radical (unpaired) electrons. The van der Waals surface area contributed by atoms with Crippen molar-refractivity contribution in [2.75, 3.05) is 0 Å². The third kappa shape index (κ3) is 1.92. The van der Waals surface area contributed by atoms with E-state index in [1.807, 2.05) is 22.6 Å². The van der Waals surface area contributed by atoms with Crippen LogP contribution in [0.4, 0.5) is 0 Å². The van der Waals surface area contributed by atoms with E-state index >= 15 is 0 Å². The zero-order valence-corrected chi connectivity index (χ0v) is 12.9. The molecule has 0 aliphatic carbocycles. The van der Waals surface area contributed by atoms with Gasteiger partial charge in [0, 0.05) is 14.5 Å². The summed E-state index contributed by atoms with van der Waals surface area (Å²) < 4.78 is 0.679. The van der Waals surface area contributed by atoms with Crippen LogP contribution in [0.5, 0.6) is 17.2 Å². The first kappa shape index (κ1) is 13.9. The van der Waals surface area contributed by atoms with Crippen molar-refractivity contribution >= 4 is 33.4 Å². The summed E-state index contributed by atoms with van der Waals surface area (Å²) in [6, 6.07) is 1.74. The highest BCUT2D eigenvalue weighted by molar-refractivity contribution is 14.1. The number of benzene rings is 1. The summed E-state index contributed by atoms with van der Waals surface area (Å²) in [6.45, 7) is 5.08. The molecule has 0 unspecified atom stereocenters. The minimum absolute atomic E-state index is 0.0544. The molecule has 0 spiro atoms. The largest absolute Gasteiger partial charge is 0.504 e. The normalized spacial score (nSPS) is 10.9. The Kier molecular flexibility index (Phi) is 3.34. The predicted molar refractivity (Wildman–Crippen MR) is 82.1 cm³/mol. The van der Waals surface area contributed by atoms with Crippen molar-refractivity contribution in [3.63, 3.8) is 0 Å². The van der Waals surface area contributed by atoms with E-state index in [1.165, 1.54) is 0 Å². The summed E-state index contributed by atoms with van der Waals surface area (Å²) in [5.74, 6) is -1.21. The number of halogens is 1. The molecule has 5 heteroatoms. The molecule has 0 atom stereocenters. The van der Waals surface area contributed by atoms with Crippen LogP contribution in [0.3, 0.4) is 0 Å². The van der Waals surface area contributed by atoms with Gasteiger partial charge in [0.05, 0.1) is 5.39 Å². The van der Waals surface area contributed by atoms with Gasteiger partial charge in [-0.2, -0.15) is 0 Å². The second-order valence-electron chi connectivity index (χ2n) is 4.55. The highest BCUT2D eigenvalue weighted by Crippen LogP contribution is 2.39. The third-order valence-corrected chi connectivity index (χ3v) is 4.79. The molecule has 3 N–H and O–H groups in total. The second kappa shape index (κ2) is 4.56. The van der Waals surface area contributed by atoms with Gasteiger partial charge in [0.15, 0.2) is 17.2 Å². The Labute approximate surface area is 123 Å². The van der Waals surface area contributed by atoms with E-state index in [-0.39, 0.29) is 11.1 Å². The molecule has 0 heterocycles. The van der Waals surface area contributed by atoms with Gasteiger partial charge in [-0.25, -0.2) is 0 Å². The Morgan fingerprint density at radius 3 is 2.11 bits per heavy atom. The molecule has 0 bridgehead atoms. The lowest BCUT2D eigenvalue weighted by molar-refractivity contribution is 0.404. The fourth-order valence-corrected chi connectivity index (χ4v) is 2.69. The van der Waals surface area contributed by atoms with E-state index in [2.05, 4.69) is 0 Å². The molecule has 0 saturated carbocycles. The summed E-state index contributed by atoms with van der Waals surface area (Å²) in [7, 11) is 0. The Morgan fingerprint density at radius 2 is 1.53 bits per heavy atom. The van der Waals surface area contributed by atoms with Gasteiger partial charge in [0.2, 0.25) is 5.43 Å². The number of hydrogen-bond acceptors (Lipinski definition) is 4. The standard InChI is InChI=1S/C14H13IO4/c1-5-4-8-9(13(18)11(16)6(5)2)14(19)12(17)7(3)10(8)15/h4,17,19H,1-3H3,(H,16,18). The van der Waals surface area contributed by atoms with Crippen LogP contribution < -0.4 is 5.43 Å². The van der Waals surface area contributed by atoms with Gasteiger partial charge in [-0.15, -0.1) is 0 Å². The van der Waals surface area contributed by atoms with Crippen LogP contribution in [0.2, 0.25) is 0 Å². The molecule has 0 fully saturated rings. The number of hydrogen-bond donors (Lipinski definition) is 3. The fourth-order valence-electron chi connectivity index (χ4n) is 2.00. The molecular weight excluding hydrogens is 359 g/mol. The monoisotopic (exact) mass is 372 g/mol. The zero-order chi connectivity index (χ0) is 14.5. The van der Waals surface area contributed by atoms with E-state index in [4.69, 9.17) is 0 Å². The summed E-state index contributed by atoms with van der Waals surface area (Å²) in [5, 5.41) is 30.2. The molecule has 2 rings (SSSR count). The van der Waals surface area contributed by atoms with E-state index in [0.717, 1.165) is 5.56 Å². The maximum atomic E-state index is 12.2. The van der Waals surface area contributed by atoms with Crippen LogP contribution in [-0.4, -0.2) is 15.3 Å². The summed E-state index contributed by atoms with van der Waals surface area (Å²) in [4.78, 5) is 12.2. The van der Waals surface area contributed by atoms with Gasteiger partial charge in [0.25, 0.3) is 0 Å². The predicted octanol–water partition coefficient (Wildman–Crippen LogP) is 2.85. The SMILES string of the molecule is Cc1cc2c(I)c(C)c(O)c(O)c2c(=O)c(O)c1C. The van der Waals surface area contributed by atoms with Crippen molar-refractivity contribution < 1.29 is 15.3 Å². The highest BCUT2D eigenvalue weighted by Gasteiger charge is 2.19. The van der Waals surface area contributed by atoms with Crippen molar-refractivity contribution in [1.29, 1.82) is 0 Å². The Hall–Kier alpha value is -1.50. The summed E-state index contributed by atoms with van der Waals surface area (Å²) in [6.07, 6.45) is 0. The van der Waals surface area contributed by atoms with Crippen molar-refractivity contribution in [1.82, 2.24) is 0 Å². The molecular formula is C14H13IO4. The lowest BCUT2D eigenvalue weighted by atomic mass is 10.1. The van der Waals surface area contributed by atoms with Crippen molar-refractivity contribution in [2.45, 2.75) is 20.8 Å². The van der Waals surface area contributed by atoms with E-state index in [1.54, 1.807) is 26.8 Å². The number of rotatable bonds is 0. The van der Waals surface area contributed by atoms with E-state index in [9.17, 15) is 20.1 Å². The van der Waals surface area contributed by atoms with Gasteiger partial charge in [-0.05, 0) is 60.6 Å². The van der Waals surface area contributed by atoms with Crippen molar-refractivity contribution in [2.24, 2.45) is 0 Å². The first-order valence-electron chi connectivity index (χ1n) is 5.64. The molecule has 4 nitrogen and oxygen atoms in total. The zero-order valence-electron chi connectivity index (χ0n) is 10.7. The molecule has 2 aromatic rings. The van der Waals surface area contributed by atoms with Crippen molar-refractivity contribution in [3.8, 4) is 17.2 Å². The third-order valence-electron chi connectivity index (χ3n) is 3.40. The molecule has 0 aliphatic rings. The second-order valence-corrected chi connectivity index (χ2v) is 5.63. The average molecular weight is 372 g/mol. The maximum absolute atomic E-state index is 12.2. The lowest BCUT2D eigenvalue weighted by Crippen LogP contribution is -2.00. The minimum atomic E-state index is -0.675. The van der Waals surface area contributed by atoms with E-state index in [0.29, 0.717) is 20.1 Å². The molecule has 2 aromatic carbocycles. The number of aromatic hydroxyl groups is 3. The molecule has 19 heavy (non-hydrogen) atoms. The van der Waals surface area contributed by atoms with Gasteiger partial charge < -0.3 is 15.3 Å². The van der Waals surface area contributed by atoms with Gasteiger partial charge in [0.1, 0.15) is 0 Å². The highest BCUT2D eigenvalue weighted by atomic mass is 127. The molecule has 0 aliphatic heterocycles.